The number of rotatable bonds is 5. The molecule has 1 N–H and O–H groups in total. The lowest BCUT2D eigenvalue weighted by atomic mass is 9.98. The smallest absolute Gasteiger partial charge is 0.123 e. The number of halogens is 1. The summed E-state index contributed by atoms with van der Waals surface area (Å²) in [6.45, 7) is 3.11. The van der Waals surface area contributed by atoms with Crippen molar-refractivity contribution < 1.29 is 4.39 Å². The average Bonchev–Trinajstić information content (AvgIpc) is 3.57. The van der Waals surface area contributed by atoms with E-state index in [4.69, 9.17) is 0 Å². The Morgan fingerprint density at radius 3 is 2.66 bits per heavy atom. The lowest BCUT2D eigenvalue weighted by molar-refractivity contribution is 0.207. The lowest BCUT2D eigenvalue weighted by Gasteiger charge is -2.27. The van der Waals surface area contributed by atoms with Crippen molar-refractivity contribution in [1.29, 1.82) is 0 Å². The van der Waals surface area contributed by atoms with E-state index in [-0.39, 0.29) is 5.82 Å². The number of hydrogen-bond donors (Lipinski definition) is 1. The first-order chi connectivity index (χ1) is 15.6. The van der Waals surface area contributed by atoms with E-state index in [0.717, 1.165) is 31.7 Å². The zero-order valence-electron chi connectivity index (χ0n) is 18.2. The van der Waals surface area contributed by atoms with Gasteiger partial charge in [0.15, 0.2) is 0 Å². The number of aromatic amines is 1. The van der Waals surface area contributed by atoms with Gasteiger partial charge < -0.3 is 4.98 Å². The first-order valence-corrected chi connectivity index (χ1v) is 11.3. The van der Waals surface area contributed by atoms with Crippen LogP contribution in [0.1, 0.15) is 17.5 Å². The highest BCUT2D eigenvalue weighted by molar-refractivity contribution is 5.85. The van der Waals surface area contributed by atoms with E-state index in [0.29, 0.717) is 18.0 Å². The van der Waals surface area contributed by atoms with Gasteiger partial charge in [-0.25, -0.2) is 4.39 Å². The monoisotopic (exact) mass is 430 g/mol. The van der Waals surface area contributed by atoms with E-state index in [9.17, 15) is 4.39 Å². The Hall–Kier alpha value is -3.03. The molecule has 0 unspecified atom stereocenters. The largest absolute Gasteiger partial charge is 0.361 e. The molecule has 2 fully saturated rings. The highest BCUT2D eigenvalue weighted by atomic mass is 19.1. The fourth-order valence-electron chi connectivity index (χ4n) is 5.71. The molecular formula is C25H27FN6. The van der Waals surface area contributed by atoms with E-state index in [1.54, 1.807) is 24.8 Å². The Kier molecular flexibility index (Phi) is 4.81. The van der Waals surface area contributed by atoms with Gasteiger partial charge in [-0.05, 0) is 67.3 Å². The Morgan fingerprint density at radius 1 is 1.06 bits per heavy atom. The summed E-state index contributed by atoms with van der Waals surface area (Å²) in [6.07, 6.45) is 7.91. The second kappa shape index (κ2) is 7.83. The van der Waals surface area contributed by atoms with E-state index >= 15 is 0 Å². The van der Waals surface area contributed by atoms with Crippen LogP contribution in [0.3, 0.4) is 0 Å². The number of fused-ring (bicyclic) bond motifs is 2. The van der Waals surface area contributed by atoms with Gasteiger partial charge in [-0.2, -0.15) is 0 Å². The van der Waals surface area contributed by atoms with Crippen LogP contribution in [-0.4, -0.2) is 61.8 Å². The summed E-state index contributed by atoms with van der Waals surface area (Å²) in [4.78, 5) is 8.56. The molecule has 0 saturated carbocycles. The zero-order valence-corrected chi connectivity index (χ0v) is 18.2. The molecule has 6 nitrogen and oxygen atoms in total. The number of aromatic nitrogens is 4. The van der Waals surface area contributed by atoms with Crippen molar-refractivity contribution in [2.75, 3.05) is 20.1 Å². The van der Waals surface area contributed by atoms with E-state index in [1.165, 1.54) is 28.5 Å². The number of likely N-dealkylation sites (N-methyl/N-ethyl adjacent to an activating group) is 1. The Labute approximate surface area is 186 Å². The summed E-state index contributed by atoms with van der Waals surface area (Å²) in [5, 5.41) is 9.13. The minimum Gasteiger partial charge on any atom is -0.361 e. The van der Waals surface area contributed by atoms with Crippen LogP contribution in [-0.2, 0) is 13.0 Å². The fourth-order valence-corrected chi connectivity index (χ4v) is 5.71. The molecule has 2 aromatic heterocycles. The Bertz CT molecular complexity index is 1220. The molecule has 0 aliphatic carbocycles. The molecule has 2 saturated heterocycles. The maximum atomic E-state index is 13.2. The topological polar surface area (TPSA) is 53.0 Å². The molecule has 2 aromatic carbocycles. The molecule has 164 valence electrons. The zero-order chi connectivity index (χ0) is 21.7. The molecule has 7 heteroatoms. The third kappa shape index (κ3) is 3.51. The predicted molar refractivity (Wildman–Crippen MR) is 122 cm³/mol. The molecule has 2 aliphatic rings. The van der Waals surface area contributed by atoms with Crippen LogP contribution >= 0.6 is 0 Å². The van der Waals surface area contributed by atoms with Gasteiger partial charge in [0.2, 0.25) is 0 Å². The summed E-state index contributed by atoms with van der Waals surface area (Å²) < 4.78 is 15.1. The highest BCUT2D eigenvalue weighted by Gasteiger charge is 2.44. The van der Waals surface area contributed by atoms with E-state index in [2.05, 4.69) is 56.4 Å². The molecule has 0 amide bonds. The number of H-pyrrole nitrogens is 1. The van der Waals surface area contributed by atoms with Crippen LogP contribution in [0.4, 0.5) is 4.39 Å². The predicted octanol–water partition coefficient (Wildman–Crippen LogP) is 3.63. The third-order valence-electron chi connectivity index (χ3n) is 7.40. The molecule has 32 heavy (non-hydrogen) atoms. The minimum absolute atomic E-state index is 0.166. The second-order valence-electron chi connectivity index (χ2n) is 9.32. The molecular weight excluding hydrogens is 403 g/mol. The molecule has 2 aliphatic heterocycles. The van der Waals surface area contributed by atoms with Gasteiger partial charge in [-0.1, -0.05) is 12.1 Å². The van der Waals surface area contributed by atoms with E-state index in [1.807, 2.05) is 16.7 Å². The van der Waals surface area contributed by atoms with Gasteiger partial charge >= 0.3 is 0 Å². The third-order valence-corrected chi connectivity index (χ3v) is 7.40. The Balaban J connectivity index is 1.15. The minimum atomic E-state index is -0.166. The van der Waals surface area contributed by atoms with Gasteiger partial charge in [0.1, 0.15) is 18.5 Å². The number of likely N-dealkylation sites (tertiary alicyclic amines) is 2. The van der Waals surface area contributed by atoms with Crippen molar-refractivity contribution in [2.45, 2.75) is 31.5 Å². The molecule has 3 atom stereocenters. The highest BCUT2D eigenvalue weighted by Crippen LogP contribution is 2.37. The molecule has 6 rings (SSSR count). The van der Waals surface area contributed by atoms with Gasteiger partial charge in [0.05, 0.1) is 0 Å². The van der Waals surface area contributed by atoms with Crippen LogP contribution in [0.5, 0.6) is 0 Å². The van der Waals surface area contributed by atoms with Gasteiger partial charge in [0.25, 0.3) is 0 Å². The second-order valence-corrected chi connectivity index (χ2v) is 9.32. The molecule has 0 spiro atoms. The number of nitrogens with zero attached hydrogens (tertiary/aromatic N) is 5. The molecule has 4 aromatic rings. The van der Waals surface area contributed by atoms with Gasteiger partial charge in [-0.3, -0.25) is 14.4 Å². The number of hydrogen-bond acceptors (Lipinski definition) is 4. The summed E-state index contributed by atoms with van der Waals surface area (Å²) in [7, 11) is 2.29. The van der Waals surface area contributed by atoms with Crippen LogP contribution in [0.2, 0.25) is 0 Å². The van der Waals surface area contributed by atoms with Gasteiger partial charge in [-0.15, -0.1) is 10.2 Å². The van der Waals surface area contributed by atoms with E-state index < -0.39 is 0 Å². The first kappa shape index (κ1) is 19.6. The SMILES string of the molecule is CN1[C@@H](Cc2c[nH]c3ccc(-n4cnnc4)cc23)C[C@@H]2CN(Cc3ccc(F)cc3)C[C@@H]21. The first-order valence-electron chi connectivity index (χ1n) is 11.3. The summed E-state index contributed by atoms with van der Waals surface area (Å²) in [5.41, 5.74) is 4.81. The fraction of sp³-hybridized carbons (Fsp3) is 0.360. The quantitative estimate of drug-likeness (QED) is 0.525. The van der Waals surface area contributed by atoms with Crippen LogP contribution in [0.25, 0.3) is 16.6 Å². The summed E-state index contributed by atoms with van der Waals surface area (Å²) >= 11 is 0. The standard InChI is InChI=1S/C25H27FN6/c1-30-22(9-19-13-31(14-25(19)30)12-17-2-4-20(26)5-3-17)8-18-11-27-24-7-6-21(10-23(18)24)32-15-28-29-16-32/h2-7,10-11,15-16,19,22,25,27H,8-9,12-14H2,1H3/t19-,22+,25+/m1/s1. The average molecular weight is 431 g/mol. The molecule has 4 heterocycles. The van der Waals surface area contributed by atoms with Crippen molar-refractivity contribution in [3.05, 3.63) is 78.3 Å². The van der Waals surface area contributed by atoms with Crippen LogP contribution in [0, 0.1) is 11.7 Å². The molecule has 0 radical (unpaired) electrons. The summed E-state index contributed by atoms with van der Waals surface area (Å²) in [6, 6.07) is 14.5. The van der Waals surface area contributed by atoms with Crippen molar-refractivity contribution in [2.24, 2.45) is 5.92 Å². The maximum Gasteiger partial charge on any atom is 0.123 e. The maximum absolute atomic E-state index is 13.2. The van der Waals surface area contributed by atoms with Crippen molar-refractivity contribution in [1.82, 2.24) is 29.5 Å². The van der Waals surface area contributed by atoms with Crippen molar-refractivity contribution >= 4 is 10.9 Å². The number of nitrogens with one attached hydrogen (secondary N) is 1. The summed E-state index contributed by atoms with van der Waals surface area (Å²) in [5.74, 6) is 0.531. The van der Waals surface area contributed by atoms with Crippen molar-refractivity contribution in [3.8, 4) is 5.69 Å². The molecule has 0 bridgehead atoms. The van der Waals surface area contributed by atoms with Gasteiger partial charge in [0, 0.05) is 54.5 Å². The number of benzene rings is 2. The Morgan fingerprint density at radius 2 is 1.88 bits per heavy atom. The van der Waals surface area contributed by atoms with Crippen LogP contribution < -0.4 is 0 Å². The lowest BCUT2D eigenvalue weighted by Crippen LogP contribution is -2.37. The normalized spacial score (nSPS) is 23.9. The van der Waals surface area contributed by atoms with Crippen LogP contribution in [0.15, 0.2) is 61.3 Å². The van der Waals surface area contributed by atoms with Crippen molar-refractivity contribution in [3.63, 3.8) is 0 Å².